The Morgan fingerprint density at radius 2 is 2.24 bits per heavy atom. The van der Waals surface area contributed by atoms with E-state index >= 15 is 0 Å². The van der Waals surface area contributed by atoms with E-state index in [1.807, 2.05) is 23.1 Å². The highest BCUT2D eigenvalue weighted by Gasteiger charge is 2.29. The van der Waals surface area contributed by atoms with Gasteiger partial charge in [-0.05, 0) is 24.1 Å². The molecular weight excluding hydrogens is 284 g/mol. The van der Waals surface area contributed by atoms with Gasteiger partial charge in [0.1, 0.15) is 11.0 Å². The van der Waals surface area contributed by atoms with Crippen LogP contribution in [-0.2, 0) is 4.79 Å². The fraction of sp³-hybridized carbons (Fsp3) is 0.364. The van der Waals surface area contributed by atoms with E-state index < -0.39 is 0 Å². The molecule has 1 atom stereocenters. The van der Waals surface area contributed by atoms with Gasteiger partial charge in [-0.1, -0.05) is 15.9 Å². The van der Waals surface area contributed by atoms with Crippen molar-refractivity contribution >= 4 is 38.6 Å². The predicted octanol–water partition coefficient (Wildman–Crippen LogP) is 1.71. The molecule has 0 bridgehead atoms. The first-order valence-electron chi connectivity index (χ1n) is 5.45. The molecule has 0 spiro atoms. The highest BCUT2D eigenvalue weighted by Crippen LogP contribution is 2.27. The van der Waals surface area contributed by atoms with E-state index in [4.69, 9.17) is 0 Å². The Hall–Kier alpha value is -1.43. The lowest BCUT2D eigenvalue weighted by molar-refractivity contribution is -0.117. The fourth-order valence-electron chi connectivity index (χ4n) is 2.13. The first-order chi connectivity index (χ1) is 8.28. The van der Waals surface area contributed by atoms with Crippen LogP contribution in [0.4, 0.5) is 5.69 Å². The number of benzene rings is 1. The van der Waals surface area contributed by atoms with Crippen molar-refractivity contribution in [2.75, 3.05) is 16.8 Å². The Morgan fingerprint density at radius 3 is 3.00 bits per heavy atom. The Bertz CT molecular complexity index is 567. The number of rotatable bonds is 2. The molecule has 0 aliphatic carbocycles. The smallest absolute Gasteiger partial charge is 0.227 e. The molecule has 1 aromatic heterocycles. The van der Waals surface area contributed by atoms with E-state index in [-0.39, 0.29) is 5.91 Å². The Morgan fingerprint density at radius 1 is 1.41 bits per heavy atom. The van der Waals surface area contributed by atoms with Crippen LogP contribution in [0.1, 0.15) is 6.42 Å². The number of alkyl halides is 1. The van der Waals surface area contributed by atoms with Crippen molar-refractivity contribution in [2.45, 2.75) is 6.42 Å². The van der Waals surface area contributed by atoms with Crippen LogP contribution in [0.25, 0.3) is 11.0 Å². The molecule has 1 unspecified atom stereocenters. The number of fused-ring (bicyclic) bond motifs is 1. The first kappa shape index (κ1) is 10.7. The number of carbonyl (C=O) groups excluding carboxylic acids is 1. The van der Waals surface area contributed by atoms with Gasteiger partial charge in [-0.3, -0.25) is 4.79 Å². The van der Waals surface area contributed by atoms with Crippen LogP contribution < -0.4 is 4.90 Å². The van der Waals surface area contributed by atoms with E-state index in [1.165, 1.54) is 0 Å². The van der Waals surface area contributed by atoms with E-state index in [0.29, 0.717) is 12.3 Å². The van der Waals surface area contributed by atoms with Gasteiger partial charge in [-0.2, -0.15) is 15.4 Å². The molecule has 1 saturated heterocycles. The molecule has 6 heteroatoms. The van der Waals surface area contributed by atoms with Gasteiger partial charge in [0.05, 0.1) is 0 Å². The van der Waals surface area contributed by atoms with Crippen LogP contribution in [-0.4, -0.2) is 33.2 Å². The fourth-order valence-corrected chi connectivity index (χ4v) is 2.56. The predicted molar refractivity (Wildman–Crippen MR) is 68.1 cm³/mol. The van der Waals surface area contributed by atoms with Crippen molar-refractivity contribution in [1.82, 2.24) is 15.4 Å². The summed E-state index contributed by atoms with van der Waals surface area (Å²) in [4.78, 5) is 13.7. The zero-order valence-electron chi connectivity index (χ0n) is 9.06. The number of aromatic amines is 1. The minimum Gasteiger partial charge on any atom is -0.312 e. The normalized spacial score (nSPS) is 20.4. The van der Waals surface area contributed by atoms with Gasteiger partial charge < -0.3 is 4.90 Å². The van der Waals surface area contributed by atoms with E-state index in [0.717, 1.165) is 28.6 Å². The summed E-state index contributed by atoms with van der Waals surface area (Å²) in [5.74, 6) is 0.577. The number of amides is 1. The number of nitrogens with one attached hydrogen (secondary N) is 1. The summed E-state index contributed by atoms with van der Waals surface area (Å²) in [5.41, 5.74) is 2.51. The summed E-state index contributed by atoms with van der Waals surface area (Å²) >= 11 is 3.43. The van der Waals surface area contributed by atoms with Crippen LogP contribution in [0.15, 0.2) is 18.2 Å². The van der Waals surface area contributed by atoms with Crippen LogP contribution in [0, 0.1) is 5.92 Å². The number of hydrogen-bond donors (Lipinski definition) is 1. The summed E-state index contributed by atoms with van der Waals surface area (Å²) < 4.78 is 0. The molecule has 2 heterocycles. The molecule has 5 nitrogen and oxygen atoms in total. The van der Waals surface area contributed by atoms with Crippen LogP contribution in [0.2, 0.25) is 0 Å². The number of aromatic nitrogens is 3. The molecule has 1 aliphatic rings. The van der Waals surface area contributed by atoms with Crippen molar-refractivity contribution in [3.05, 3.63) is 18.2 Å². The van der Waals surface area contributed by atoms with Gasteiger partial charge in [0.25, 0.3) is 0 Å². The number of H-pyrrole nitrogens is 1. The maximum atomic E-state index is 11.9. The highest BCUT2D eigenvalue weighted by atomic mass is 79.9. The van der Waals surface area contributed by atoms with Gasteiger partial charge in [-0.15, -0.1) is 0 Å². The highest BCUT2D eigenvalue weighted by molar-refractivity contribution is 9.09. The SMILES string of the molecule is O=C1CC(CBr)CN1c1ccc2n[nH]nc2c1. The summed E-state index contributed by atoms with van der Waals surface area (Å²) in [6, 6.07) is 5.69. The van der Waals surface area contributed by atoms with Crippen LogP contribution >= 0.6 is 15.9 Å². The molecule has 17 heavy (non-hydrogen) atoms. The van der Waals surface area contributed by atoms with Gasteiger partial charge >= 0.3 is 0 Å². The minimum atomic E-state index is 0.178. The number of anilines is 1. The second kappa shape index (κ2) is 4.10. The monoisotopic (exact) mass is 294 g/mol. The quantitative estimate of drug-likeness (QED) is 0.858. The molecular formula is C11H11BrN4O. The number of halogens is 1. The van der Waals surface area contributed by atoms with Crippen molar-refractivity contribution in [2.24, 2.45) is 5.92 Å². The van der Waals surface area contributed by atoms with E-state index in [9.17, 15) is 4.79 Å². The topological polar surface area (TPSA) is 61.9 Å². The summed E-state index contributed by atoms with van der Waals surface area (Å²) in [5, 5.41) is 11.5. The minimum absolute atomic E-state index is 0.178. The zero-order chi connectivity index (χ0) is 11.8. The molecule has 0 saturated carbocycles. The molecule has 88 valence electrons. The largest absolute Gasteiger partial charge is 0.312 e. The average Bonchev–Trinajstić information content (AvgIpc) is 2.93. The van der Waals surface area contributed by atoms with E-state index in [2.05, 4.69) is 31.3 Å². The maximum Gasteiger partial charge on any atom is 0.227 e. The van der Waals surface area contributed by atoms with E-state index in [1.54, 1.807) is 0 Å². The molecule has 1 N–H and O–H groups in total. The Kier molecular flexibility index (Phi) is 2.58. The van der Waals surface area contributed by atoms with Gasteiger partial charge in [0, 0.05) is 24.0 Å². The summed E-state index contributed by atoms with van der Waals surface area (Å²) in [6.45, 7) is 0.771. The van der Waals surface area contributed by atoms with Gasteiger partial charge in [-0.25, -0.2) is 0 Å². The third-order valence-electron chi connectivity index (χ3n) is 3.03. The molecule has 1 fully saturated rings. The van der Waals surface area contributed by atoms with Crippen molar-refractivity contribution in [3.63, 3.8) is 0 Å². The third kappa shape index (κ3) is 1.82. The zero-order valence-corrected chi connectivity index (χ0v) is 10.6. The molecule has 3 rings (SSSR count). The summed E-state index contributed by atoms with van der Waals surface area (Å²) in [6.07, 6.45) is 0.613. The molecule has 1 amide bonds. The van der Waals surface area contributed by atoms with Crippen LogP contribution in [0.3, 0.4) is 0 Å². The molecule has 1 aliphatic heterocycles. The van der Waals surface area contributed by atoms with Crippen molar-refractivity contribution in [1.29, 1.82) is 0 Å². The Balaban J connectivity index is 1.95. The molecule has 2 aromatic rings. The van der Waals surface area contributed by atoms with Gasteiger partial charge in [0.2, 0.25) is 5.91 Å². The van der Waals surface area contributed by atoms with Crippen molar-refractivity contribution < 1.29 is 4.79 Å². The molecule has 1 aromatic carbocycles. The lowest BCUT2D eigenvalue weighted by Crippen LogP contribution is -2.24. The lowest BCUT2D eigenvalue weighted by Gasteiger charge is -2.16. The number of carbonyl (C=O) groups is 1. The van der Waals surface area contributed by atoms with Crippen molar-refractivity contribution in [3.8, 4) is 0 Å². The third-order valence-corrected chi connectivity index (χ3v) is 3.95. The standard InChI is InChI=1S/C11H11BrN4O/c12-5-7-3-11(17)16(6-7)8-1-2-9-10(4-8)14-15-13-9/h1-2,4,7H,3,5-6H2,(H,13,14,15). The lowest BCUT2D eigenvalue weighted by atomic mass is 10.2. The average molecular weight is 295 g/mol. The number of nitrogens with zero attached hydrogens (tertiary/aromatic N) is 3. The first-order valence-corrected chi connectivity index (χ1v) is 6.57. The number of hydrogen-bond acceptors (Lipinski definition) is 3. The second-order valence-electron chi connectivity index (χ2n) is 4.23. The maximum absolute atomic E-state index is 11.9. The second-order valence-corrected chi connectivity index (χ2v) is 4.87. The molecule has 0 radical (unpaired) electrons. The summed E-state index contributed by atoms with van der Waals surface area (Å²) in [7, 11) is 0. The van der Waals surface area contributed by atoms with Crippen LogP contribution in [0.5, 0.6) is 0 Å². The Labute approximate surface area is 106 Å². The van der Waals surface area contributed by atoms with Gasteiger partial charge in [0.15, 0.2) is 0 Å².